The van der Waals surface area contributed by atoms with Crippen LogP contribution in [0.4, 0.5) is 5.69 Å². The first-order valence-corrected chi connectivity index (χ1v) is 8.14. The molecule has 0 spiro atoms. The van der Waals surface area contributed by atoms with E-state index in [0.29, 0.717) is 17.4 Å². The third kappa shape index (κ3) is 4.40. The van der Waals surface area contributed by atoms with E-state index in [1.54, 1.807) is 24.3 Å². The molecular formula is C13H20N2O3S. The van der Waals surface area contributed by atoms with Crippen molar-refractivity contribution in [2.24, 2.45) is 5.92 Å². The second-order valence-corrected chi connectivity index (χ2v) is 6.74. The molecule has 0 radical (unpaired) electrons. The first-order chi connectivity index (χ1) is 9.00. The highest BCUT2D eigenvalue weighted by Crippen LogP contribution is 2.33. The molecule has 1 aliphatic carbocycles. The monoisotopic (exact) mass is 284 g/mol. The Labute approximate surface area is 114 Å². The summed E-state index contributed by atoms with van der Waals surface area (Å²) in [7, 11) is -3.24. The molecule has 3 N–H and O–H groups in total. The molecule has 1 fully saturated rings. The number of nitrogen functional groups attached to an aromatic ring is 1. The number of hydrogen-bond acceptors (Lipinski definition) is 4. The van der Waals surface area contributed by atoms with Crippen LogP contribution in [0.2, 0.25) is 0 Å². The number of nitrogens with one attached hydrogen (secondary N) is 1. The van der Waals surface area contributed by atoms with Crippen molar-refractivity contribution in [3.8, 4) is 5.75 Å². The van der Waals surface area contributed by atoms with E-state index in [1.807, 2.05) is 0 Å². The Bertz CT molecular complexity index is 513. The highest BCUT2D eigenvalue weighted by atomic mass is 32.2. The van der Waals surface area contributed by atoms with Crippen LogP contribution in [0.1, 0.15) is 19.8 Å². The average molecular weight is 284 g/mol. The summed E-state index contributed by atoms with van der Waals surface area (Å²) in [5, 5.41) is 0. The van der Waals surface area contributed by atoms with Gasteiger partial charge < -0.3 is 10.5 Å². The minimum Gasteiger partial charge on any atom is -0.492 e. The molecule has 0 amide bonds. The Kier molecular flexibility index (Phi) is 4.31. The number of nitrogens with two attached hydrogens (primary N) is 1. The van der Waals surface area contributed by atoms with Crippen LogP contribution in [0.15, 0.2) is 24.3 Å². The van der Waals surface area contributed by atoms with E-state index in [9.17, 15) is 8.42 Å². The molecule has 1 saturated carbocycles. The van der Waals surface area contributed by atoms with E-state index in [4.69, 9.17) is 10.5 Å². The molecule has 1 aliphatic rings. The van der Waals surface area contributed by atoms with Crippen LogP contribution in [-0.4, -0.2) is 26.8 Å². The largest absolute Gasteiger partial charge is 0.492 e. The number of benzene rings is 1. The lowest BCUT2D eigenvalue weighted by Gasteiger charge is -2.08. The normalized spacial score (nSPS) is 22.2. The molecule has 2 atom stereocenters. The van der Waals surface area contributed by atoms with Gasteiger partial charge in [0.25, 0.3) is 0 Å². The summed E-state index contributed by atoms with van der Waals surface area (Å²) in [6, 6.07) is 7.02. The van der Waals surface area contributed by atoms with Gasteiger partial charge in [-0.05, 0) is 36.6 Å². The van der Waals surface area contributed by atoms with Crippen LogP contribution in [0.3, 0.4) is 0 Å². The smallest absolute Gasteiger partial charge is 0.215 e. The topological polar surface area (TPSA) is 81.4 Å². The number of ether oxygens (including phenoxy) is 1. The molecule has 1 aromatic carbocycles. The Morgan fingerprint density at radius 1 is 1.37 bits per heavy atom. The SMILES string of the molecule is CCC1CC1NS(=O)(=O)CCOc1ccc(N)cc1. The van der Waals surface area contributed by atoms with Gasteiger partial charge in [0, 0.05) is 11.7 Å². The molecule has 5 nitrogen and oxygen atoms in total. The van der Waals surface area contributed by atoms with E-state index in [2.05, 4.69) is 11.6 Å². The first kappa shape index (κ1) is 14.1. The highest BCUT2D eigenvalue weighted by Gasteiger charge is 2.38. The fraction of sp³-hybridized carbons (Fsp3) is 0.538. The Morgan fingerprint density at radius 2 is 2.05 bits per heavy atom. The maximum absolute atomic E-state index is 11.8. The average Bonchev–Trinajstić information content (AvgIpc) is 3.09. The maximum atomic E-state index is 11.8. The summed E-state index contributed by atoms with van der Waals surface area (Å²) in [6.45, 7) is 2.21. The van der Waals surface area contributed by atoms with Crippen molar-refractivity contribution in [3.63, 3.8) is 0 Å². The molecule has 2 rings (SSSR count). The van der Waals surface area contributed by atoms with E-state index in [-0.39, 0.29) is 18.4 Å². The second-order valence-electron chi connectivity index (χ2n) is 4.86. The molecule has 1 aromatic rings. The predicted octanol–water partition coefficient (Wildman–Crippen LogP) is 1.37. The lowest BCUT2D eigenvalue weighted by Crippen LogP contribution is -2.31. The van der Waals surface area contributed by atoms with Crippen LogP contribution >= 0.6 is 0 Å². The van der Waals surface area contributed by atoms with Crippen molar-refractivity contribution in [1.29, 1.82) is 0 Å². The third-order valence-electron chi connectivity index (χ3n) is 3.28. The fourth-order valence-electron chi connectivity index (χ4n) is 1.97. The van der Waals surface area contributed by atoms with Crippen LogP contribution in [-0.2, 0) is 10.0 Å². The zero-order valence-electron chi connectivity index (χ0n) is 11.0. The van der Waals surface area contributed by atoms with E-state index in [1.165, 1.54) is 0 Å². The number of rotatable bonds is 7. The Hall–Kier alpha value is -1.27. The summed E-state index contributed by atoms with van der Waals surface area (Å²) in [4.78, 5) is 0. The van der Waals surface area contributed by atoms with Gasteiger partial charge in [0.1, 0.15) is 12.4 Å². The summed E-state index contributed by atoms with van der Waals surface area (Å²) < 4.78 is 31.6. The lowest BCUT2D eigenvalue weighted by atomic mass is 10.3. The van der Waals surface area contributed by atoms with Gasteiger partial charge in [0.2, 0.25) is 10.0 Å². The van der Waals surface area contributed by atoms with E-state index < -0.39 is 10.0 Å². The molecule has 106 valence electrons. The minimum absolute atomic E-state index is 0.0235. The van der Waals surface area contributed by atoms with Gasteiger partial charge in [-0.2, -0.15) is 0 Å². The molecule has 6 heteroatoms. The molecule has 0 saturated heterocycles. The minimum atomic E-state index is -3.24. The number of sulfonamides is 1. The van der Waals surface area contributed by atoms with Crippen LogP contribution < -0.4 is 15.2 Å². The molecule has 0 bridgehead atoms. The Morgan fingerprint density at radius 3 is 2.63 bits per heavy atom. The predicted molar refractivity (Wildman–Crippen MR) is 75.5 cm³/mol. The fourth-order valence-corrected chi connectivity index (χ4v) is 3.14. The van der Waals surface area contributed by atoms with Crippen LogP contribution in [0, 0.1) is 5.92 Å². The van der Waals surface area contributed by atoms with Crippen LogP contribution in [0.25, 0.3) is 0 Å². The highest BCUT2D eigenvalue weighted by molar-refractivity contribution is 7.89. The summed E-state index contributed by atoms with van der Waals surface area (Å²) in [6.07, 6.45) is 1.98. The third-order valence-corrected chi connectivity index (χ3v) is 4.64. The van der Waals surface area contributed by atoms with Crippen molar-refractivity contribution >= 4 is 15.7 Å². The van der Waals surface area contributed by atoms with Gasteiger partial charge in [0.15, 0.2) is 0 Å². The van der Waals surface area contributed by atoms with Crippen molar-refractivity contribution in [1.82, 2.24) is 4.72 Å². The van der Waals surface area contributed by atoms with Gasteiger partial charge in [-0.1, -0.05) is 13.3 Å². The standard InChI is InChI=1S/C13H20N2O3S/c1-2-10-9-13(10)15-19(16,17)8-7-18-12-5-3-11(14)4-6-12/h3-6,10,13,15H,2,7-9,14H2,1H3. The molecule has 19 heavy (non-hydrogen) atoms. The molecule has 0 aliphatic heterocycles. The van der Waals surface area contributed by atoms with Crippen molar-refractivity contribution < 1.29 is 13.2 Å². The lowest BCUT2D eigenvalue weighted by molar-refractivity contribution is 0.340. The van der Waals surface area contributed by atoms with Crippen LogP contribution in [0.5, 0.6) is 5.75 Å². The van der Waals surface area contributed by atoms with E-state index >= 15 is 0 Å². The van der Waals surface area contributed by atoms with Gasteiger partial charge in [0.05, 0.1) is 5.75 Å². The zero-order chi connectivity index (χ0) is 13.9. The van der Waals surface area contributed by atoms with Gasteiger partial charge in [-0.25, -0.2) is 13.1 Å². The zero-order valence-corrected chi connectivity index (χ0v) is 11.8. The van der Waals surface area contributed by atoms with Crippen molar-refractivity contribution in [2.45, 2.75) is 25.8 Å². The summed E-state index contributed by atoms with van der Waals surface area (Å²) >= 11 is 0. The first-order valence-electron chi connectivity index (χ1n) is 6.48. The van der Waals surface area contributed by atoms with Gasteiger partial charge in [-0.15, -0.1) is 0 Å². The molecule has 0 heterocycles. The van der Waals surface area contributed by atoms with Gasteiger partial charge >= 0.3 is 0 Å². The second kappa shape index (κ2) is 5.79. The molecular weight excluding hydrogens is 264 g/mol. The van der Waals surface area contributed by atoms with E-state index in [0.717, 1.165) is 12.8 Å². The summed E-state index contributed by atoms with van der Waals surface area (Å²) in [5.74, 6) is 1.11. The summed E-state index contributed by atoms with van der Waals surface area (Å²) in [5.41, 5.74) is 6.20. The quantitative estimate of drug-likeness (QED) is 0.741. The van der Waals surface area contributed by atoms with Crippen molar-refractivity contribution in [2.75, 3.05) is 18.1 Å². The number of anilines is 1. The number of hydrogen-bond donors (Lipinski definition) is 2. The van der Waals surface area contributed by atoms with Crippen molar-refractivity contribution in [3.05, 3.63) is 24.3 Å². The van der Waals surface area contributed by atoms with Gasteiger partial charge in [-0.3, -0.25) is 0 Å². The maximum Gasteiger partial charge on any atom is 0.215 e. The molecule has 2 unspecified atom stereocenters. The Balaban J connectivity index is 1.74. The molecule has 0 aromatic heterocycles.